The molecule has 1 aliphatic rings. The minimum atomic E-state index is -0.488. The second kappa shape index (κ2) is 7.71. The number of nitrogens with one attached hydrogen (secondary N) is 3. The molecule has 0 atom stereocenters. The van der Waals surface area contributed by atoms with Gasteiger partial charge in [0.2, 0.25) is 0 Å². The molecule has 0 bridgehead atoms. The van der Waals surface area contributed by atoms with Crippen LogP contribution in [0.4, 0.5) is 5.69 Å². The Balaban J connectivity index is 1.42. The fraction of sp³-hybridized carbons (Fsp3) is 0.294. The number of furan rings is 1. The van der Waals surface area contributed by atoms with Crippen LogP contribution in [0.2, 0.25) is 0 Å². The summed E-state index contributed by atoms with van der Waals surface area (Å²) in [5.41, 5.74) is 5.54. The van der Waals surface area contributed by atoms with Crippen LogP contribution in [0.5, 0.6) is 5.75 Å². The first-order valence-electron chi connectivity index (χ1n) is 8.12. The minimum absolute atomic E-state index is 0.143. The van der Waals surface area contributed by atoms with Crippen molar-refractivity contribution >= 4 is 17.5 Å². The van der Waals surface area contributed by atoms with Crippen LogP contribution in [-0.2, 0) is 4.79 Å². The van der Waals surface area contributed by atoms with Crippen molar-refractivity contribution in [2.75, 3.05) is 37.6 Å². The van der Waals surface area contributed by atoms with Crippen LogP contribution in [0.3, 0.4) is 0 Å². The molecule has 1 aromatic carbocycles. The zero-order chi connectivity index (χ0) is 17.6. The van der Waals surface area contributed by atoms with E-state index in [2.05, 4.69) is 15.8 Å². The Hall–Kier alpha value is -3.00. The molecule has 0 spiro atoms. The third-order valence-electron chi connectivity index (χ3n) is 4.16. The van der Waals surface area contributed by atoms with Crippen LogP contribution < -0.4 is 20.7 Å². The van der Waals surface area contributed by atoms with Gasteiger partial charge in [0.15, 0.2) is 12.3 Å². The quantitative estimate of drug-likeness (QED) is 0.541. The first kappa shape index (κ1) is 16.8. The first-order chi connectivity index (χ1) is 12.1. The lowest BCUT2D eigenvalue weighted by Crippen LogP contribution is -3.16. The zero-order valence-corrected chi connectivity index (χ0v) is 13.7. The van der Waals surface area contributed by atoms with E-state index in [0.29, 0.717) is 0 Å². The second-order valence-corrected chi connectivity index (χ2v) is 5.88. The van der Waals surface area contributed by atoms with Crippen molar-refractivity contribution in [3.8, 4) is 5.75 Å². The number of hydrogen-bond acceptors (Lipinski definition) is 5. The van der Waals surface area contributed by atoms with Crippen LogP contribution in [-0.4, -0.2) is 49.6 Å². The van der Waals surface area contributed by atoms with Crippen molar-refractivity contribution in [3.63, 3.8) is 0 Å². The van der Waals surface area contributed by atoms with E-state index in [-0.39, 0.29) is 24.0 Å². The lowest BCUT2D eigenvalue weighted by atomic mass is 10.2. The largest absolute Gasteiger partial charge is 0.506 e. The van der Waals surface area contributed by atoms with Crippen molar-refractivity contribution in [3.05, 3.63) is 48.4 Å². The number of nitrogens with zero attached hydrogens (tertiary/aromatic N) is 1. The number of piperazine rings is 1. The molecule has 8 heteroatoms. The molecule has 2 amide bonds. The second-order valence-electron chi connectivity index (χ2n) is 5.88. The summed E-state index contributed by atoms with van der Waals surface area (Å²) in [5, 5.41) is 9.91. The van der Waals surface area contributed by atoms with Gasteiger partial charge in [-0.1, -0.05) is 12.1 Å². The van der Waals surface area contributed by atoms with Gasteiger partial charge in [0.05, 0.1) is 38.1 Å². The van der Waals surface area contributed by atoms with Crippen molar-refractivity contribution in [1.82, 2.24) is 10.9 Å². The first-order valence-corrected chi connectivity index (χ1v) is 8.12. The van der Waals surface area contributed by atoms with Gasteiger partial charge in [-0.3, -0.25) is 20.4 Å². The molecule has 1 fully saturated rings. The number of benzene rings is 1. The molecule has 1 aliphatic heterocycles. The van der Waals surface area contributed by atoms with E-state index in [4.69, 9.17) is 4.42 Å². The van der Waals surface area contributed by atoms with Crippen LogP contribution >= 0.6 is 0 Å². The van der Waals surface area contributed by atoms with Gasteiger partial charge in [0.1, 0.15) is 5.75 Å². The molecule has 0 unspecified atom stereocenters. The third-order valence-corrected chi connectivity index (χ3v) is 4.16. The number of carbonyl (C=O) groups is 2. The highest BCUT2D eigenvalue weighted by molar-refractivity contribution is 5.92. The van der Waals surface area contributed by atoms with Gasteiger partial charge in [-0.05, 0) is 24.3 Å². The maximum atomic E-state index is 12.0. The molecule has 4 N–H and O–H groups in total. The van der Waals surface area contributed by atoms with E-state index < -0.39 is 5.91 Å². The number of quaternary nitrogens is 1. The number of amides is 2. The Kier molecular flexibility index (Phi) is 5.20. The summed E-state index contributed by atoms with van der Waals surface area (Å²) in [6, 6.07) is 10.4. The smallest absolute Gasteiger partial charge is 0.305 e. The molecule has 3 rings (SSSR count). The molecule has 0 radical (unpaired) electrons. The lowest BCUT2D eigenvalue weighted by Gasteiger charge is -2.33. The average Bonchev–Trinajstić information content (AvgIpc) is 3.16. The van der Waals surface area contributed by atoms with E-state index in [1.54, 1.807) is 18.2 Å². The highest BCUT2D eigenvalue weighted by Crippen LogP contribution is 2.25. The summed E-state index contributed by atoms with van der Waals surface area (Å²) >= 11 is 0. The van der Waals surface area contributed by atoms with E-state index in [9.17, 15) is 14.7 Å². The molecular weight excluding hydrogens is 324 g/mol. The molecule has 1 aromatic heterocycles. The van der Waals surface area contributed by atoms with Gasteiger partial charge in [-0.25, -0.2) is 0 Å². The summed E-state index contributed by atoms with van der Waals surface area (Å²) < 4.78 is 4.95. The minimum Gasteiger partial charge on any atom is -0.506 e. The van der Waals surface area contributed by atoms with Gasteiger partial charge < -0.3 is 19.3 Å². The van der Waals surface area contributed by atoms with Crippen molar-refractivity contribution in [2.45, 2.75) is 0 Å². The predicted molar refractivity (Wildman–Crippen MR) is 90.2 cm³/mol. The number of rotatable bonds is 4. The molecule has 2 aromatic rings. The number of hydrazine groups is 1. The number of para-hydroxylation sites is 2. The van der Waals surface area contributed by atoms with Crippen LogP contribution in [0.25, 0.3) is 0 Å². The van der Waals surface area contributed by atoms with Crippen LogP contribution in [0.1, 0.15) is 10.6 Å². The Morgan fingerprint density at radius 2 is 1.88 bits per heavy atom. The molecule has 132 valence electrons. The highest BCUT2D eigenvalue weighted by atomic mass is 16.3. The Morgan fingerprint density at radius 3 is 2.56 bits per heavy atom. The summed E-state index contributed by atoms with van der Waals surface area (Å²) in [6.45, 7) is 3.31. The molecule has 0 aliphatic carbocycles. The van der Waals surface area contributed by atoms with E-state index in [1.807, 2.05) is 12.1 Å². The highest BCUT2D eigenvalue weighted by Gasteiger charge is 2.23. The Morgan fingerprint density at radius 1 is 1.12 bits per heavy atom. The summed E-state index contributed by atoms with van der Waals surface area (Å²) in [6.07, 6.45) is 1.39. The lowest BCUT2D eigenvalue weighted by molar-refractivity contribution is -0.892. The fourth-order valence-corrected chi connectivity index (χ4v) is 2.84. The number of phenolic OH excluding ortho intramolecular Hbond substituents is 1. The topological polar surface area (TPSA) is 99.3 Å². The van der Waals surface area contributed by atoms with Crippen molar-refractivity contribution in [1.29, 1.82) is 0 Å². The van der Waals surface area contributed by atoms with Crippen LogP contribution in [0.15, 0.2) is 47.1 Å². The Labute approximate surface area is 145 Å². The van der Waals surface area contributed by atoms with Crippen LogP contribution in [0, 0.1) is 0 Å². The molecule has 25 heavy (non-hydrogen) atoms. The number of anilines is 1. The van der Waals surface area contributed by atoms with E-state index >= 15 is 0 Å². The van der Waals surface area contributed by atoms with E-state index in [1.165, 1.54) is 12.3 Å². The number of hydrogen-bond donors (Lipinski definition) is 4. The monoisotopic (exact) mass is 345 g/mol. The van der Waals surface area contributed by atoms with Crippen molar-refractivity contribution < 1.29 is 24.0 Å². The standard InChI is InChI=1S/C17H20N4O4/c22-14-5-2-1-4-13(14)21-9-7-20(8-10-21)12-16(23)18-19-17(24)15-6-3-11-25-15/h1-6,11,22H,7-10,12H2,(H,18,23)(H,19,24)/p+1. The molecular formula is C17H21N4O4+. The van der Waals surface area contributed by atoms with Gasteiger partial charge in [-0.15, -0.1) is 0 Å². The fourth-order valence-electron chi connectivity index (χ4n) is 2.84. The van der Waals surface area contributed by atoms with Gasteiger partial charge in [0, 0.05) is 0 Å². The molecule has 8 nitrogen and oxygen atoms in total. The maximum Gasteiger partial charge on any atom is 0.305 e. The number of carbonyl (C=O) groups excluding carboxylic acids is 2. The summed E-state index contributed by atoms with van der Waals surface area (Å²) in [4.78, 5) is 26.9. The molecule has 1 saturated heterocycles. The van der Waals surface area contributed by atoms with Gasteiger partial charge >= 0.3 is 5.91 Å². The summed E-state index contributed by atoms with van der Waals surface area (Å²) in [7, 11) is 0. The zero-order valence-electron chi connectivity index (χ0n) is 13.7. The molecule has 0 saturated carbocycles. The third kappa shape index (κ3) is 4.30. The van der Waals surface area contributed by atoms with E-state index in [0.717, 1.165) is 36.8 Å². The molecule has 2 heterocycles. The Bertz CT molecular complexity index is 724. The normalized spacial score (nSPS) is 15.0. The number of phenols is 1. The number of aromatic hydroxyl groups is 1. The predicted octanol–water partition coefficient (Wildman–Crippen LogP) is -0.849. The average molecular weight is 345 g/mol. The summed E-state index contributed by atoms with van der Waals surface area (Å²) in [5.74, 6) is -0.336. The SMILES string of the molecule is O=C(C[NH+]1CCN(c2ccccc2O)CC1)NNC(=O)c1ccco1. The van der Waals surface area contributed by atoms with Gasteiger partial charge in [-0.2, -0.15) is 0 Å². The van der Waals surface area contributed by atoms with Crippen molar-refractivity contribution in [2.24, 2.45) is 0 Å². The maximum absolute atomic E-state index is 12.0. The van der Waals surface area contributed by atoms with Gasteiger partial charge in [0.25, 0.3) is 5.91 Å².